The first-order chi connectivity index (χ1) is 15.7. The normalized spacial score (nSPS) is 10.7. The van der Waals surface area contributed by atoms with Crippen LogP contribution in [0.5, 0.6) is 0 Å². The topological polar surface area (TPSA) is 104 Å². The van der Waals surface area contributed by atoms with Gasteiger partial charge in [0.05, 0.1) is 11.3 Å². The van der Waals surface area contributed by atoms with Crippen LogP contribution in [0.2, 0.25) is 0 Å². The third-order valence-electron chi connectivity index (χ3n) is 5.76. The first-order valence-corrected chi connectivity index (χ1v) is 11.6. The molecule has 2 aromatic carbocycles. The standard InChI is InChI=1S/C27H26N4OS/c1-15(2)19-6-8-20(9-7-19)25-22(12-28)26(30)31-27(23(25)13-29)33-14-24(32)21-11-17(4)16(3)10-18(21)5/h6-11,15H,14H2,1-5H3,(H2,30,31). The molecule has 0 unspecified atom stereocenters. The number of benzene rings is 2. The maximum absolute atomic E-state index is 13.0. The van der Waals surface area contributed by atoms with E-state index in [0.717, 1.165) is 27.8 Å². The predicted molar refractivity (Wildman–Crippen MR) is 133 cm³/mol. The molecular formula is C27H26N4OS. The van der Waals surface area contributed by atoms with Crippen LogP contribution in [0.15, 0.2) is 41.4 Å². The Morgan fingerprint density at radius 3 is 2.18 bits per heavy atom. The number of nitriles is 2. The van der Waals surface area contributed by atoms with E-state index in [-0.39, 0.29) is 28.5 Å². The lowest BCUT2D eigenvalue weighted by Gasteiger charge is -2.14. The molecule has 0 saturated heterocycles. The maximum Gasteiger partial charge on any atom is 0.173 e. The molecule has 0 aliphatic rings. The number of aromatic nitrogens is 1. The number of nitrogens with two attached hydrogens (primary N) is 1. The minimum absolute atomic E-state index is 0.0444. The van der Waals surface area contributed by atoms with Crippen molar-refractivity contribution in [3.05, 3.63) is 75.3 Å². The van der Waals surface area contributed by atoms with Crippen molar-refractivity contribution in [3.8, 4) is 23.3 Å². The molecule has 2 N–H and O–H groups in total. The Morgan fingerprint density at radius 1 is 1.00 bits per heavy atom. The van der Waals surface area contributed by atoms with Crippen LogP contribution in [0.1, 0.15) is 63.5 Å². The van der Waals surface area contributed by atoms with E-state index in [1.54, 1.807) is 0 Å². The Morgan fingerprint density at radius 2 is 1.61 bits per heavy atom. The van der Waals surface area contributed by atoms with E-state index in [9.17, 15) is 15.3 Å². The zero-order chi connectivity index (χ0) is 24.3. The number of nitrogens with zero attached hydrogens (tertiary/aromatic N) is 3. The van der Waals surface area contributed by atoms with Gasteiger partial charge in [0, 0.05) is 11.1 Å². The van der Waals surface area contributed by atoms with Gasteiger partial charge in [0.2, 0.25) is 0 Å². The molecule has 1 aromatic heterocycles. The van der Waals surface area contributed by atoms with Crippen LogP contribution >= 0.6 is 11.8 Å². The molecular weight excluding hydrogens is 428 g/mol. The number of hydrogen-bond donors (Lipinski definition) is 1. The van der Waals surface area contributed by atoms with E-state index in [2.05, 4.69) is 31.0 Å². The van der Waals surface area contributed by atoms with Gasteiger partial charge in [-0.2, -0.15) is 10.5 Å². The van der Waals surface area contributed by atoms with Crippen LogP contribution in [0.3, 0.4) is 0 Å². The second-order valence-electron chi connectivity index (χ2n) is 8.39. The number of rotatable bonds is 6. The fourth-order valence-corrected chi connectivity index (χ4v) is 4.58. The summed E-state index contributed by atoms with van der Waals surface area (Å²) >= 11 is 1.17. The number of pyridine rings is 1. The molecule has 33 heavy (non-hydrogen) atoms. The van der Waals surface area contributed by atoms with Crippen molar-refractivity contribution in [1.29, 1.82) is 10.5 Å². The smallest absolute Gasteiger partial charge is 0.173 e. The van der Waals surface area contributed by atoms with E-state index in [4.69, 9.17) is 5.73 Å². The van der Waals surface area contributed by atoms with Gasteiger partial charge in [-0.3, -0.25) is 4.79 Å². The number of carbonyl (C=O) groups excluding carboxylic acids is 1. The van der Waals surface area contributed by atoms with Crippen LogP contribution < -0.4 is 5.73 Å². The predicted octanol–water partition coefficient (Wildman–Crippen LogP) is 6.10. The number of ketones is 1. The summed E-state index contributed by atoms with van der Waals surface area (Å²) in [5.74, 6) is 0.481. The molecule has 0 atom stereocenters. The minimum atomic E-state index is -0.0444. The molecule has 3 aromatic rings. The summed E-state index contributed by atoms with van der Waals surface area (Å²) in [6.07, 6.45) is 0. The van der Waals surface area contributed by atoms with Crippen molar-refractivity contribution in [2.75, 3.05) is 11.5 Å². The third kappa shape index (κ3) is 4.92. The molecule has 166 valence electrons. The lowest BCUT2D eigenvalue weighted by molar-refractivity contribution is 0.102. The van der Waals surface area contributed by atoms with Gasteiger partial charge in [-0.1, -0.05) is 55.9 Å². The highest BCUT2D eigenvalue weighted by molar-refractivity contribution is 8.00. The Kier molecular flexibility index (Phi) is 7.21. The molecule has 0 aliphatic heterocycles. The minimum Gasteiger partial charge on any atom is -0.383 e. The average Bonchev–Trinajstić information content (AvgIpc) is 2.79. The third-order valence-corrected chi connectivity index (χ3v) is 6.74. The summed E-state index contributed by atoms with van der Waals surface area (Å²) in [6.45, 7) is 10.1. The van der Waals surface area contributed by atoms with Crippen molar-refractivity contribution >= 4 is 23.4 Å². The monoisotopic (exact) mass is 454 g/mol. The molecule has 6 heteroatoms. The van der Waals surface area contributed by atoms with Gasteiger partial charge in [-0.25, -0.2) is 4.98 Å². The Labute approximate surface area is 199 Å². The summed E-state index contributed by atoms with van der Waals surface area (Å²) < 4.78 is 0. The number of Topliss-reactive ketones (excluding diaryl/α,β-unsaturated/α-hetero) is 1. The summed E-state index contributed by atoms with van der Waals surface area (Å²) in [6, 6.07) is 16.0. The molecule has 0 fully saturated rings. The Balaban J connectivity index is 2.02. The molecule has 0 aliphatic carbocycles. The van der Waals surface area contributed by atoms with Gasteiger partial charge in [0.25, 0.3) is 0 Å². The first kappa shape index (κ1) is 24.0. The van der Waals surface area contributed by atoms with E-state index in [1.165, 1.54) is 11.8 Å². The van der Waals surface area contributed by atoms with E-state index in [1.807, 2.05) is 57.2 Å². The highest BCUT2D eigenvalue weighted by Crippen LogP contribution is 2.36. The molecule has 0 radical (unpaired) electrons. The molecule has 0 saturated carbocycles. The lowest BCUT2D eigenvalue weighted by atomic mass is 9.94. The van der Waals surface area contributed by atoms with Crippen molar-refractivity contribution in [2.45, 2.75) is 45.6 Å². The van der Waals surface area contributed by atoms with Gasteiger partial charge < -0.3 is 5.73 Å². The number of thioether (sulfide) groups is 1. The summed E-state index contributed by atoms with van der Waals surface area (Å²) in [4.78, 5) is 17.3. The van der Waals surface area contributed by atoms with Gasteiger partial charge in [0.15, 0.2) is 5.78 Å². The van der Waals surface area contributed by atoms with E-state index >= 15 is 0 Å². The first-order valence-electron chi connectivity index (χ1n) is 10.7. The van der Waals surface area contributed by atoms with Crippen LogP contribution in [0.4, 0.5) is 5.82 Å². The van der Waals surface area contributed by atoms with Gasteiger partial charge in [-0.15, -0.1) is 0 Å². The molecule has 0 amide bonds. The molecule has 1 heterocycles. The highest BCUT2D eigenvalue weighted by Gasteiger charge is 2.22. The molecule has 3 rings (SSSR count). The summed E-state index contributed by atoms with van der Waals surface area (Å²) in [7, 11) is 0. The SMILES string of the molecule is Cc1cc(C)c(C(=O)CSc2nc(N)c(C#N)c(-c3ccc(C(C)C)cc3)c2C#N)cc1C. The maximum atomic E-state index is 13.0. The van der Waals surface area contributed by atoms with Crippen molar-refractivity contribution in [3.63, 3.8) is 0 Å². The van der Waals surface area contributed by atoms with Crippen LogP contribution in [-0.2, 0) is 0 Å². The zero-order valence-electron chi connectivity index (χ0n) is 19.5. The summed E-state index contributed by atoms with van der Waals surface area (Å²) in [5, 5.41) is 20.0. The largest absolute Gasteiger partial charge is 0.383 e. The summed E-state index contributed by atoms with van der Waals surface area (Å²) in [5.41, 5.74) is 12.6. The Hall–Kier alpha value is -3.61. The quantitative estimate of drug-likeness (QED) is 0.357. The molecule has 5 nitrogen and oxygen atoms in total. The highest BCUT2D eigenvalue weighted by atomic mass is 32.2. The zero-order valence-corrected chi connectivity index (χ0v) is 20.3. The van der Waals surface area contributed by atoms with E-state index < -0.39 is 0 Å². The van der Waals surface area contributed by atoms with Crippen LogP contribution in [-0.4, -0.2) is 16.5 Å². The van der Waals surface area contributed by atoms with Crippen LogP contribution in [0.25, 0.3) is 11.1 Å². The van der Waals surface area contributed by atoms with Crippen molar-refractivity contribution < 1.29 is 4.79 Å². The second-order valence-corrected chi connectivity index (χ2v) is 9.35. The number of anilines is 1. The van der Waals surface area contributed by atoms with Gasteiger partial charge in [0.1, 0.15) is 28.5 Å². The molecule has 0 bridgehead atoms. The fourth-order valence-electron chi connectivity index (χ4n) is 3.70. The number of carbonyl (C=O) groups is 1. The second kappa shape index (κ2) is 9.90. The molecule has 0 spiro atoms. The fraction of sp³-hybridized carbons (Fsp3) is 0.259. The number of aryl methyl sites for hydroxylation is 3. The van der Waals surface area contributed by atoms with Crippen molar-refractivity contribution in [1.82, 2.24) is 4.98 Å². The lowest BCUT2D eigenvalue weighted by Crippen LogP contribution is -2.08. The number of hydrogen-bond acceptors (Lipinski definition) is 6. The van der Waals surface area contributed by atoms with Gasteiger partial charge >= 0.3 is 0 Å². The average molecular weight is 455 g/mol. The van der Waals surface area contributed by atoms with E-state index in [0.29, 0.717) is 22.1 Å². The van der Waals surface area contributed by atoms with Gasteiger partial charge in [-0.05, 0) is 60.6 Å². The van der Waals surface area contributed by atoms with Crippen LogP contribution in [0, 0.1) is 43.4 Å². The Bertz CT molecular complexity index is 1310. The van der Waals surface area contributed by atoms with Crippen molar-refractivity contribution in [2.24, 2.45) is 0 Å². The number of nitrogen functional groups attached to an aromatic ring is 1.